The summed E-state index contributed by atoms with van der Waals surface area (Å²) in [6, 6.07) is 12.4. The van der Waals surface area contributed by atoms with Gasteiger partial charge in [0.1, 0.15) is 0 Å². The van der Waals surface area contributed by atoms with Gasteiger partial charge in [-0.05, 0) is 44.5 Å². The summed E-state index contributed by atoms with van der Waals surface area (Å²) in [7, 11) is 0. The fourth-order valence-electron chi connectivity index (χ4n) is 2.92. The Balaban J connectivity index is 2.47. The largest absolute Gasteiger partial charge is 0.143 e. The molecule has 0 unspecified atom stereocenters. The van der Waals surface area contributed by atoms with E-state index in [0.717, 1.165) is 41.1 Å². The molecule has 0 bridgehead atoms. The van der Waals surface area contributed by atoms with Crippen LogP contribution in [0.5, 0.6) is 0 Å². The van der Waals surface area contributed by atoms with Gasteiger partial charge in [0, 0.05) is 19.6 Å². The lowest BCUT2D eigenvalue weighted by Crippen LogP contribution is -1.88. The van der Waals surface area contributed by atoms with Crippen LogP contribution in [0.4, 0.5) is 0 Å². The van der Waals surface area contributed by atoms with Gasteiger partial charge in [-0.2, -0.15) is 0 Å². The monoisotopic (exact) mass is 330 g/mol. The van der Waals surface area contributed by atoms with E-state index in [1.54, 1.807) is 0 Å². The molecule has 4 aromatic rings. The topological polar surface area (TPSA) is 0 Å². The normalized spacial score (nSPS) is 12.0. The molecule has 0 aliphatic carbocycles. The van der Waals surface area contributed by atoms with Crippen molar-refractivity contribution in [3.05, 3.63) is 36.4 Å². The molecule has 0 saturated carbocycles. The second-order valence-electron chi connectivity index (χ2n) is 4.90. The SMILES string of the molecule is Sc1cc(S)c2ccc3c(S)cc(S)c4ccc1c2c43. The molecule has 0 aromatic heterocycles. The van der Waals surface area contributed by atoms with Gasteiger partial charge in [0.05, 0.1) is 0 Å². The van der Waals surface area contributed by atoms with Crippen molar-refractivity contribution in [2.45, 2.75) is 19.6 Å². The molecular weight excluding hydrogens is 320 g/mol. The number of hydrogen-bond donors (Lipinski definition) is 4. The molecule has 0 N–H and O–H groups in total. The predicted octanol–water partition coefficient (Wildman–Crippen LogP) is 5.74. The Morgan fingerprint density at radius 2 is 0.700 bits per heavy atom. The minimum absolute atomic E-state index is 0.946. The molecule has 0 saturated heterocycles. The number of hydrogen-bond acceptors (Lipinski definition) is 4. The summed E-state index contributed by atoms with van der Waals surface area (Å²) < 4.78 is 0. The summed E-state index contributed by atoms with van der Waals surface area (Å²) in [5.74, 6) is 0. The highest BCUT2D eigenvalue weighted by Gasteiger charge is 2.14. The highest BCUT2D eigenvalue weighted by molar-refractivity contribution is 7.81. The van der Waals surface area contributed by atoms with Crippen molar-refractivity contribution in [3.8, 4) is 0 Å². The van der Waals surface area contributed by atoms with E-state index in [-0.39, 0.29) is 0 Å². The van der Waals surface area contributed by atoms with Gasteiger partial charge in [-0.25, -0.2) is 0 Å². The fraction of sp³-hybridized carbons (Fsp3) is 0. The van der Waals surface area contributed by atoms with Gasteiger partial charge in [0.25, 0.3) is 0 Å². The highest BCUT2D eigenvalue weighted by atomic mass is 32.1. The van der Waals surface area contributed by atoms with Crippen LogP contribution in [0.15, 0.2) is 56.0 Å². The summed E-state index contributed by atoms with van der Waals surface area (Å²) >= 11 is 18.4. The Morgan fingerprint density at radius 1 is 0.450 bits per heavy atom. The van der Waals surface area contributed by atoms with Crippen molar-refractivity contribution >= 4 is 82.8 Å². The summed E-state index contributed by atoms with van der Waals surface area (Å²) in [6.45, 7) is 0. The molecule has 0 spiro atoms. The maximum atomic E-state index is 4.59. The van der Waals surface area contributed by atoms with Gasteiger partial charge < -0.3 is 0 Å². The number of rotatable bonds is 0. The molecule has 0 amide bonds. The van der Waals surface area contributed by atoms with Gasteiger partial charge >= 0.3 is 0 Å². The molecule has 0 fully saturated rings. The van der Waals surface area contributed by atoms with E-state index in [4.69, 9.17) is 0 Å². The third-order valence-electron chi connectivity index (χ3n) is 3.81. The van der Waals surface area contributed by atoms with Crippen LogP contribution in [-0.4, -0.2) is 0 Å². The Bertz CT molecular complexity index is 835. The zero-order chi connectivity index (χ0) is 14.0. The van der Waals surface area contributed by atoms with E-state index in [2.05, 4.69) is 74.8 Å². The average Bonchev–Trinajstić information content (AvgIpc) is 2.42. The minimum Gasteiger partial charge on any atom is -0.143 e. The second kappa shape index (κ2) is 4.41. The first-order valence-electron chi connectivity index (χ1n) is 6.12. The molecule has 0 atom stereocenters. The van der Waals surface area contributed by atoms with Crippen molar-refractivity contribution in [1.29, 1.82) is 0 Å². The molecule has 0 aliphatic heterocycles. The quantitative estimate of drug-likeness (QED) is 0.229. The van der Waals surface area contributed by atoms with E-state index in [1.165, 1.54) is 10.8 Å². The molecule has 4 heteroatoms. The Morgan fingerprint density at radius 3 is 0.950 bits per heavy atom. The van der Waals surface area contributed by atoms with Crippen LogP contribution in [0.1, 0.15) is 0 Å². The maximum Gasteiger partial charge on any atom is 0.0130 e. The van der Waals surface area contributed by atoms with Gasteiger partial charge in [-0.15, -0.1) is 50.5 Å². The molecule has 0 aliphatic rings. The Hall–Kier alpha value is -0.680. The standard InChI is InChI=1S/C16H10S4/c17-11-5-13(19)9-3-4-10-14(20)6-12(18)8-2-1-7(11)15(9)16(8)10/h1-6,17-20H. The molecule has 0 radical (unpaired) electrons. The van der Waals surface area contributed by atoms with Crippen molar-refractivity contribution < 1.29 is 0 Å². The van der Waals surface area contributed by atoms with Crippen molar-refractivity contribution in [3.63, 3.8) is 0 Å². The Kier molecular flexibility index (Phi) is 2.87. The van der Waals surface area contributed by atoms with Crippen LogP contribution in [0.2, 0.25) is 0 Å². The lowest BCUT2D eigenvalue weighted by atomic mass is 9.94. The molecule has 20 heavy (non-hydrogen) atoms. The molecule has 0 heterocycles. The first-order chi connectivity index (χ1) is 9.58. The number of benzene rings is 4. The van der Waals surface area contributed by atoms with Gasteiger partial charge in [-0.1, -0.05) is 24.3 Å². The lowest BCUT2D eigenvalue weighted by molar-refractivity contribution is 1.42. The van der Waals surface area contributed by atoms with Crippen molar-refractivity contribution in [2.75, 3.05) is 0 Å². The smallest absolute Gasteiger partial charge is 0.0130 e. The predicted molar refractivity (Wildman–Crippen MR) is 99.2 cm³/mol. The summed E-state index contributed by atoms with van der Waals surface area (Å²) in [4.78, 5) is 3.79. The highest BCUT2D eigenvalue weighted by Crippen LogP contribution is 2.43. The van der Waals surface area contributed by atoms with Gasteiger partial charge in [0.2, 0.25) is 0 Å². The first kappa shape index (κ1) is 13.0. The summed E-state index contributed by atoms with van der Waals surface area (Å²) in [5.41, 5.74) is 0. The van der Waals surface area contributed by atoms with Crippen molar-refractivity contribution in [1.82, 2.24) is 0 Å². The zero-order valence-electron chi connectivity index (χ0n) is 10.3. The van der Waals surface area contributed by atoms with Crippen LogP contribution < -0.4 is 0 Å². The van der Waals surface area contributed by atoms with Crippen LogP contribution in [-0.2, 0) is 0 Å². The Labute approximate surface area is 138 Å². The number of thiol groups is 4. The maximum absolute atomic E-state index is 4.59. The fourth-order valence-corrected chi connectivity index (χ4v) is 4.38. The van der Waals surface area contributed by atoms with E-state index < -0.39 is 0 Å². The molecule has 0 nitrogen and oxygen atoms in total. The van der Waals surface area contributed by atoms with E-state index in [9.17, 15) is 0 Å². The molecular formula is C16H10S4. The van der Waals surface area contributed by atoms with Gasteiger partial charge in [0.15, 0.2) is 0 Å². The van der Waals surface area contributed by atoms with Crippen LogP contribution >= 0.6 is 50.5 Å². The third kappa shape index (κ3) is 1.62. The van der Waals surface area contributed by atoms with E-state index >= 15 is 0 Å². The lowest BCUT2D eigenvalue weighted by Gasteiger charge is -2.15. The summed E-state index contributed by atoms with van der Waals surface area (Å²) in [5, 5.41) is 6.97. The molecule has 4 rings (SSSR count). The minimum atomic E-state index is 0.946. The average molecular weight is 331 g/mol. The van der Waals surface area contributed by atoms with E-state index in [0.29, 0.717) is 0 Å². The zero-order valence-corrected chi connectivity index (χ0v) is 13.8. The van der Waals surface area contributed by atoms with Crippen LogP contribution in [0.3, 0.4) is 0 Å². The summed E-state index contributed by atoms with van der Waals surface area (Å²) in [6.07, 6.45) is 0. The molecule has 98 valence electrons. The third-order valence-corrected chi connectivity index (χ3v) is 5.29. The second-order valence-corrected chi connectivity index (χ2v) is 6.83. The van der Waals surface area contributed by atoms with Crippen LogP contribution in [0, 0.1) is 0 Å². The first-order valence-corrected chi connectivity index (χ1v) is 7.91. The van der Waals surface area contributed by atoms with Crippen molar-refractivity contribution in [2.24, 2.45) is 0 Å². The van der Waals surface area contributed by atoms with Crippen LogP contribution in [0.25, 0.3) is 32.3 Å². The van der Waals surface area contributed by atoms with E-state index in [1.807, 2.05) is 12.1 Å². The molecule has 4 aromatic carbocycles. The van der Waals surface area contributed by atoms with Gasteiger partial charge in [-0.3, -0.25) is 0 Å².